The highest BCUT2D eigenvalue weighted by molar-refractivity contribution is 5.56. The summed E-state index contributed by atoms with van der Waals surface area (Å²) in [6, 6.07) is 6.94. The van der Waals surface area contributed by atoms with Crippen LogP contribution in [0.2, 0.25) is 0 Å². The summed E-state index contributed by atoms with van der Waals surface area (Å²) in [6.45, 7) is 10.0. The lowest BCUT2D eigenvalue weighted by Gasteiger charge is -2.22. The van der Waals surface area contributed by atoms with Crippen molar-refractivity contribution in [3.8, 4) is 5.75 Å². The zero-order valence-electron chi connectivity index (χ0n) is 12.6. The van der Waals surface area contributed by atoms with Gasteiger partial charge in [-0.3, -0.25) is 0 Å². The molecule has 0 aliphatic carbocycles. The van der Waals surface area contributed by atoms with Gasteiger partial charge < -0.3 is 15.0 Å². The van der Waals surface area contributed by atoms with Crippen molar-refractivity contribution < 1.29 is 4.74 Å². The quantitative estimate of drug-likeness (QED) is 0.883. The van der Waals surface area contributed by atoms with Crippen LogP contribution in [-0.4, -0.2) is 32.8 Å². The van der Waals surface area contributed by atoms with E-state index in [-0.39, 0.29) is 0 Å². The molecule has 1 unspecified atom stereocenters. The van der Waals surface area contributed by atoms with Crippen molar-refractivity contribution in [1.29, 1.82) is 0 Å². The molecule has 0 amide bonds. The van der Waals surface area contributed by atoms with E-state index >= 15 is 0 Å². The molecule has 1 aliphatic heterocycles. The Morgan fingerprint density at radius 2 is 2.21 bits per heavy atom. The van der Waals surface area contributed by atoms with Gasteiger partial charge in [0.15, 0.2) is 0 Å². The molecule has 2 rings (SSSR count). The molecule has 0 bridgehead atoms. The maximum Gasteiger partial charge on any atom is 0.119 e. The van der Waals surface area contributed by atoms with Crippen LogP contribution < -0.4 is 15.0 Å². The summed E-state index contributed by atoms with van der Waals surface area (Å²) in [6.07, 6.45) is 1.28. The van der Waals surface area contributed by atoms with E-state index in [9.17, 15) is 0 Å². The van der Waals surface area contributed by atoms with E-state index < -0.39 is 0 Å². The van der Waals surface area contributed by atoms with Gasteiger partial charge in [0.05, 0.1) is 7.11 Å². The van der Waals surface area contributed by atoms with Gasteiger partial charge in [-0.1, -0.05) is 13.8 Å². The molecule has 0 spiro atoms. The fourth-order valence-corrected chi connectivity index (χ4v) is 2.73. The van der Waals surface area contributed by atoms with Crippen LogP contribution in [0.15, 0.2) is 18.2 Å². The van der Waals surface area contributed by atoms with Crippen LogP contribution >= 0.6 is 0 Å². The average Bonchev–Trinajstić information content (AvgIpc) is 2.84. The molecule has 3 heteroatoms. The van der Waals surface area contributed by atoms with Gasteiger partial charge in [-0.15, -0.1) is 0 Å². The Labute approximate surface area is 116 Å². The lowest BCUT2D eigenvalue weighted by atomic mass is 10.1. The molecule has 1 aromatic carbocycles. The molecule has 0 saturated carbocycles. The summed E-state index contributed by atoms with van der Waals surface area (Å²) >= 11 is 0. The first-order valence-corrected chi connectivity index (χ1v) is 7.23. The zero-order chi connectivity index (χ0) is 13.8. The van der Waals surface area contributed by atoms with Crippen molar-refractivity contribution in [3.05, 3.63) is 23.8 Å². The largest absolute Gasteiger partial charge is 0.497 e. The molecule has 1 atom stereocenters. The van der Waals surface area contributed by atoms with E-state index in [1.165, 1.54) is 17.7 Å². The van der Waals surface area contributed by atoms with Crippen LogP contribution in [0.5, 0.6) is 5.75 Å². The van der Waals surface area contributed by atoms with Gasteiger partial charge in [-0.05, 0) is 49.6 Å². The highest BCUT2D eigenvalue weighted by atomic mass is 16.5. The van der Waals surface area contributed by atoms with Crippen LogP contribution in [0.3, 0.4) is 0 Å². The zero-order valence-corrected chi connectivity index (χ0v) is 12.6. The topological polar surface area (TPSA) is 24.5 Å². The summed E-state index contributed by atoms with van der Waals surface area (Å²) in [4.78, 5) is 2.50. The standard InChI is InChI=1S/C16H26N2O/c1-12(2)17-10-14-7-8-18(11-14)16-6-5-15(19-4)9-13(16)3/h5-6,9,12,14,17H,7-8,10-11H2,1-4H3. The fourth-order valence-electron chi connectivity index (χ4n) is 2.73. The Morgan fingerprint density at radius 3 is 2.84 bits per heavy atom. The van der Waals surface area contributed by atoms with Crippen LogP contribution in [0.1, 0.15) is 25.8 Å². The highest BCUT2D eigenvalue weighted by Gasteiger charge is 2.23. The van der Waals surface area contributed by atoms with E-state index in [2.05, 4.69) is 49.2 Å². The minimum Gasteiger partial charge on any atom is -0.497 e. The van der Waals surface area contributed by atoms with E-state index in [0.29, 0.717) is 6.04 Å². The number of benzene rings is 1. The molecule has 3 nitrogen and oxygen atoms in total. The third kappa shape index (κ3) is 3.63. The second-order valence-electron chi connectivity index (χ2n) is 5.82. The molecule has 1 aliphatic rings. The van der Waals surface area contributed by atoms with Crippen LogP contribution in [0.25, 0.3) is 0 Å². The lowest BCUT2D eigenvalue weighted by molar-refractivity contribution is 0.414. The molecule has 1 N–H and O–H groups in total. The second-order valence-corrected chi connectivity index (χ2v) is 5.82. The van der Waals surface area contributed by atoms with Crippen molar-refractivity contribution in [1.82, 2.24) is 5.32 Å². The molecule has 1 fully saturated rings. The third-order valence-electron chi connectivity index (χ3n) is 3.85. The van der Waals surface area contributed by atoms with Crippen LogP contribution in [0, 0.1) is 12.8 Å². The van der Waals surface area contributed by atoms with E-state index in [1.54, 1.807) is 7.11 Å². The Hall–Kier alpha value is -1.22. The number of nitrogens with zero attached hydrogens (tertiary/aromatic N) is 1. The van der Waals surface area contributed by atoms with Gasteiger partial charge in [0.25, 0.3) is 0 Å². The molecule has 0 radical (unpaired) electrons. The third-order valence-corrected chi connectivity index (χ3v) is 3.85. The number of methoxy groups -OCH3 is 1. The molecule has 106 valence electrons. The van der Waals surface area contributed by atoms with Gasteiger partial charge in [0, 0.05) is 24.8 Å². The highest BCUT2D eigenvalue weighted by Crippen LogP contribution is 2.29. The van der Waals surface area contributed by atoms with Gasteiger partial charge in [0.2, 0.25) is 0 Å². The molecule has 19 heavy (non-hydrogen) atoms. The Morgan fingerprint density at radius 1 is 1.42 bits per heavy atom. The van der Waals surface area contributed by atoms with Crippen molar-refractivity contribution >= 4 is 5.69 Å². The van der Waals surface area contributed by atoms with E-state index in [1.807, 2.05) is 0 Å². The molecule has 1 heterocycles. The number of hydrogen-bond donors (Lipinski definition) is 1. The Balaban J connectivity index is 1.96. The van der Waals surface area contributed by atoms with Crippen molar-refractivity contribution in [2.24, 2.45) is 5.92 Å². The minimum atomic E-state index is 0.580. The number of ether oxygens (including phenoxy) is 1. The summed E-state index contributed by atoms with van der Waals surface area (Å²) in [7, 11) is 1.72. The number of anilines is 1. The molecule has 1 saturated heterocycles. The summed E-state index contributed by atoms with van der Waals surface area (Å²) in [5.41, 5.74) is 2.66. The minimum absolute atomic E-state index is 0.580. The number of aryl methyl sites for hydroxylation is 1. The summed E-state index contributed by atoms with van der Waals surface area (Å²) in [5.74, 6) is 1.71. The van der Waals surface area contributed by atoms with Crippen molar-refractivity contribution in [2.75, 3.05) is 31.6 Å². The maximum absolute atomic E-state index is 5.27. The summed E-state index contributed by atoms with van der Waals surface area (Å²) in [5, 5.41) is 3.55. The number of rotatable bonds is 5. The number of hydrogen-bond acceptors (Lipinski definition) is 3. The van der Waals surface area contributed by atoms with Gasteiger partial charge in [-0.25, -0.2) is 0 Å². The normalized spacial score (nSPS) is 19.2. The van der Waals surface area contributed by atoms with Gasteiger partial charge in [-0.2, -0.15) is 0 Å². The average molecular weight is 262 g/mol. The lowest BCUT2D eigenvalue weighted by Crippen LogP contribution is -2.30. The Kier molecular flexibility index (Phi) is 4.70. The molecule has 1 aromatic rings. The first-order chi connectivity index (χ1) is 9.10. The van der Waals surface area contributed by atoms with E-state index in [0.717, 1.165) is 31.3 Å². The second kappa shape index (κ2) is 6.29. The first-order valence-electron chi connectivity index (χ1n) is 7.23. The predicted octanol–water partition coefficient (Wildman–Crippen LogP) is 2.83. The SMILES string of the molecule is COc1ccc(N2CCC(CNC(C)C)C2)c(C)c1. The monoisotopic (exact) mass is 262 g/mol. The van der Waals surface area contributed by atoms with Crippen LogP contribution in [-0.2, 0) is 0 Å². The fraction of sp³-hybridized carbons (Fsp3) is 0.625. The van der Waals surface area contributed by atoms with E-state index in [4.69, 9.17) is 4.74 Å². The van der Waals surface area contributed by atoms with Gasteiger partial charge >= 0.3 is 0 Å². The predicted molar refractivity (Wildman–Crippen MR) is 81.2 cm³/mol. The Bertz CT molecular complexity index is 417. The summed E-state index contributed by atoms with van der Waals surface area (Å²) < 4.78 is 5.27. The smallest absolute Gasteiger partial charge is 0.119 e. The molecule has 0 aromatic heterocycles. The molecular formula is C16H26N2O. The van der Waals surface area contributed by atoms with Crippen LogP contribution in [0.4, 0.5) is 5.69 Å². The number of nitrogens with one attached hydrogen (secondary N) is 1. The van der Waals surface area contributed by atoms with Crippen molar-refractivity contribution in [3.63, 3.8) is 0 Å². The van der Waals surface area contributed by atoms with Gasteiger partial charge in [0.1, 0.15) is 5.75 Å². The first kappa shape index (κ1) is 14.2. The maximum atomic E-state index is 5.27. The van der Waals surface area contributed by atoms with Crippen molar-refractivity contribution in [2.45, 2.75) is 33.2 Å². The molecular weight excluding hydrogens is 236 g/mol.